The number of isocyanates is 1. The summed E-state index contributed by atoms with van der Waals surface area (Å²) in [7, 11) is 0. The average Bonchev–Trinajstić information content (AvgIpc) is 2.18. The van der Waals surface area contributed by atoms with Crippen LogP contribution in [0, 0.1) is 0 Å². The number of aliphatic imine (C=N–C) groups is 1. The normalized spacial score (nSPS) is 9.80. The number of carbonyl (C=O) groups excluding carboxylic acids is 1. The summed E-state index contributed by atoms with van der Waals surface area (Å²) in [6.07, 6.45) is 2.24. The van der Waals surface area contributed by atoms with Crippen molar-refractivity contribution in [3.63, 3.8) is 0 Å². The Hall–Kier alpha value is -1.67. The summed E-state index contributed by atoms with van der Waals surface area (Å²) >= 11 is 0. The summed E-state index contributed by atoms with van der Waals surface area (Å²) in [5.41, 5.74) is 0.868. The van der Waals surface area contributed by atoms with E-state index in [2.05, 4.69) is 9.98 Å². The second kappa shape index (κ2) is 5.94. The first-order valence-corrected chi connectivity index (χ1v) is 4.88. The Balaban J connectivity index is 2.61. The van der Waals surface area contributed by atoms with Gasteiger partial charge >= 0.3 is 0 Å². The highest BCUT2D eigenvalue weighted by Gasteiger charge is 2.00. The maximum atomic E-state index is 9.87. The molecule has 0 saturated heterocycles. The van der Waals surface area contributed by atoms with Crippen LogP contribution in [0.25, 0.3) is 0 Å². The Kier molecular flexibility index (Phi) is 4.51. The van der Waals surface area contributed by atoms with Crippen molar-refractivity contribution in [2.24, 2.45) is 4.99 Å². The van der Waals surface area contributed by atoms with Gasteiger partial charge in [0.05, 0.1) is 12.6 Å². The smallest absolute Gasteiger partial charge is 0.234 e. The van der Waals surface area contributed by atoms with E-state index in [1.165, 1.54) is 6.08 Å². The first kappa shape index (κ1) is 11.4. The van der Waals surface area contributed by atoms with Gasteiger partial charge in [0.15, 0.2) is 0 Å². The SMILES string of the molecule is CC(C)Oc1cccc(CCN=C=O)n1. The quantitative estimate of drug-likeness (QED) is 0.544. The van der Waals surface area contributed by atoms with Crippen LogP contribution in [0.3, 0.4) is 0 Å². The number of aromatic nitrogens is 1. The highest BCUT2D eigenvalue weighted by atomic mass is 16.5. The van der Waals surface area contributed by atoms with Crippen molar-refractivity contribution in [2.45, 2.75) is 26.4 Å². The molecule has 0 aromatic carbocycles. The molecule has 0 aliphatic rings. The van der Waals surface area contributed by atoms with E-state index in [1.54, 1.807) is 0 Å². The third-order valence-electron chi connectivity index (χ3n) is 1.68. The largest absolute Gasteiger partial charge is 0.475 e. The van der Waals surface area contributed by atoms with Gasteiger partial charge in [0.25, 0.3) is 0 Å². The summed E-state index contributed by atoms with van der Waals surface area (Å²) in [5, 5.41) is 0. The Morgan fingerprint density at radius 2 is 2.33 bits per heavy atom. The predicted octanol–water partition coefficient (Wildman–Crippen LogP) is 1.75. The fourth-order valence-corrected chi connectivity index (χ4v) is 1.12. The lowest BCUT2D eigenvalue weighted by molar-refractivity contribution is 0.232. The topological polar surface area (TPSA) is 51.5 Å². The molecule has 1 rings (SSSR count). The van der Waals surface area contributed by atoms with Crippen LogP contribution in [-0.2, 0) is 11.2 Å². The summed E-state index contributed by atoms with van der Waals surface area (Å²) in [4.78, 5) is 17.6. The van der Waals surface area contributed by atoms with Gasteiger partial charge in [-0.05, 0) is 19.9 Å². The summed E-state index contributed by atoms with van der Waals surface area (Å²) in [6, 6.07) is 5.57. The molecule has 0 unspecified atom stereocenters. The van der Waals surface area contributed by atoms with Crippen LogP contribution in [0.1, 0.15) is 19.5 Å². The van der Waals surface area contributed by atoms with Gasteiger partial charge in [-0.2, -0.15) is 0 Å². The Morgan fingerprint density at radius 1 is 1.53 bits per heavy atom. The van der Waals surface area contributed by atoms with E-state index in [4.69, 9.17) is 4.74 Å². The van der Waals surface area contributed by atoms with Crippen molar-refractivity contribution >= 4 is 6.08 Å². The molecule has 15 heavy (non-hydrogen) atoms. The van der Waals surface area contributed by atoms with E-state index in [9.17, 15) is 4.79 Å². The fourth-order valence-electron chi connectivity index (χ4n) is 1.12. The lowest BCUT2D eigenvalue weighted by Gasteiger charge is -2.08. The first-order chi connectivity index (χ1) is 7.22. The van der Waals surface area contributed by atoms with Crippen molar-refractivity contribution in [1.82, 2.24) is 4.98 Å². The number of nitrogens with zero attached hydrogens (tertiary/aromatic N) is 2. The Morgan fingerprint density at radius 3 is 3.00 bits per heavy atom. The summed E-state index contributed by atoms with van der Waals surface area (Å²) in [5.74, 6) is 0.609. The zero-order valence-corrected chi connectivity index (χ0v) is 8.93. The van der Waals surface area contributed by atoms with E-state index in [1.807, 2.05) is 32.0 Å². The van der Waals surface area contributed by atoms with Crippen LogP contribution in [0.5, 0.6) is 5.88 Å². The minimum atomic E-state index is 0.112. The van der Waals surface area contributed by atoms with E-state index >= 15 is 0 Å². The standard InChI is InChI=1S/C11H14N2O2/c1-9(2)15-11-5-3-4-10(13-11)6-7-12-8-14/h3-5,9H,6-7H2,1-2H3. The molecule has 0 atom stereocenters. The van der Waals surface area contributed by atoms with Crippen LogP contribution in [0.2, 0.25) is 0 Å². The van der Waals surface area contributed by atoms with Crippen molar-refractivity contribution < 1.29 is 9.53 Å². The third kappa shape index (κ3) is 4.38. The first-order valence-electron chi connectivity index (χ1n) is 4.88. The molecule has 0 N–H and O–H groups in total. The van der Waals surface area contributed by atoms with Crippen LogP contribution in [0.4, 0.5) is 0 Å². The van der Waals surface area contributed by atoms with Crippen molar-refractivity contribution in [2.75, 3.05) is 6.54 Å². The van der Waals surface area contributed by atoms with Crippen molar-refractivity contribution in [3.05, 3.63) is 23.9 Å². The molecule has 0 bridgehead atoms. The van der Waals surface area contributed by atoms with Crippen molar-refractivity contribution in [1.29, 1.82) is 0 Å². The van der Waals surface area contributed by atoms with Gasteiger partial charge in [-0.25, -0.2) is 14.8 Å². The maximum absolute atomic E-state index is 9.87. The molecule has 0 fully saturated rings. The van der Waals surface area contributed by atoms with Gasteiger partial charge < -0.3 is 4.74 Å². The highest BCUT2D eigenvalue weighted by molar-refractivity contribution is 5.32. The van der Waals surface area contributed by atoms with Crippen molar-refractivity contribution in [3.8, 4) is 5.88 Å². The molecule has 4 nitrogen and oxygen atoms in total. The molecule has 1 heterocycles. The van der Waals surface area contributed by atoms with Gasteiger partial charge in [-0.15, -0.1) is 0 Å². The second-order valence-electron chi connectivity index (χ2n) is 3.36. The highest BCUT2D eigenvalue weighted by Crippen LogP contribution is 2.09. The van der Waals surface area contributed by atoms with Gasteiger partial charge in [-0.3, -0.25) is 0 Å². The summed E-state index contributed by atoms with van der Waals surface area (Å²) < 4.78 is 5.44. The molecule has 0 saturated carbocycles. The number of hydrogen-bond acceptors (Lipinski definition) is 4. The van der Waals surface area contributed by atoms with E-state index < -0.39 is 0 Å². The molecular weight excluding hydrogens is 192 g/mol. The second-order valence-corrected chi connectivity index (χ2v) is 3.36. The Bertz CT molecular complexity index is 357. The lowest BCUT2D eigenvalue weighted by atomic mass is 10.3. The molecule has 0 spiro atoms. The predicted molar refractivity (Wildman–Crippen MR) is 56.7 cm³/mol. The van der Waals surface area contributed by atoms with Crippen LogP contribution >= 0.6 is 0 Å². The van der Waals surface area contributed by atoms with E-state index in [-0.39, 0.29) is 6.10 Å². The molecule has 0 aliphatic carbocycles. The molecule has 0 amide bonds. The number of ether oxygens (including phenoxy) is 1. The zero-order chi connectivity index (χ0) is 11.1. The molecule has 80 valence electrons. The Labute approximate surface area is 89.0 Å². The van der Waals surface area contributed by atoms with Gasteiger partial charge in [0, 0.05) is 18.2 Å². The van der Waals surface area contributed by atoms with Crippen LogP contribution in [-0.4, -0.2) is 23.7 Å². The monoisotopic (exact) mass is 206 g/mol. The minimum absolute atomic E-state index is 0.112. The fraction of sp³-hybridized carbons (Fsp3) is 0.455. The lowest BCUT2D eigenvalue weighted by Crippen LogP contribution is -2.07. The van der Waals surface area contributed by atoms with Crippen LogP contribution in [0.15, 0.2) is 23.2 Å². The van der Waals surface area contributed by atoms with Gasteiger partial charge in [-0.1, -0.05) is 6.07 Å². The number of rotatable bonds is 5. The maximum Gasteiger partial charge on any atom is 0.234 e. The molecule has 1 aromatic heterocycles. The molecule has 1 aromatic rings. The van der Waals surface area contributed by atoms with Crippen LogP contribution < -0.4 is 4.74 Å². The van der Waals surface area contributed by atoms with E-state index in [0.29, 0.717) is 18.8 Å². The number of hydrogen-bond donors (Lipinski definition) is 0. The molecular formula is C11H14N2O2. The minimum Gasteiger partial charge on any atom is -0.475 e. The zero-order valence-electron chi connectivity index (χ0n) is 8.93. The molecule has 0 radical (unpaired) electrons. The average molecular weight is 206 g/mol. The van der Waals surface area contributed by atoms with E-state index in [0.717, 1.165) is 5.69 Å². The number of pyridine rings is 1. The third-order valence-corrected chi connectivity index (χ3v) is 1.68. The van der Waals surface area contributed by atoms with Gasteiger partial charge in [0.1, 0.15) is 0 Å². The van der Waals surface area contributed by atoms with Gasteiger partial charge in [0.2, 0.25) is 12.0 Å². The molecule has 4 heteroatoms. The molecule has 0 aliphatic heterocycles. The summed E-state index contributed by atoms with van der Waals surface area (Å²) in [6.45, 7) is 4.32.